The van der Waals surface area contributed by atoms with Crippen LogP contribution in [0.3, 0.4) is 0 Å². The van der Waals surface area contributed by atoms with Crippen LogP contribution in [-0.4, -0.2) is 19.3 Å². The number of hydrogen-bond acceptors (Lipinski definition) is 2. The molecule has 0 aromatic heterocycles. The van der Waals surface area contributed by atoms with Gasteiger partial charge in [-0.15, -0.1) is 0 Å². The van der Waals surface area contributed by atoms with E-state index in [1.165, 1.54) is 11.1 Å². The van der Waals surface area contributed by atoms with E-state index < -0.39 is 0 Å². The molecule has 88 valence electrons. The molecule has 2 nitrogen and oxygen atoms in total. The minimum Gasteiger partial charge on any atom is -0.381 e. The third kappa shape index (κ3) is 3.06. The molecule has 0 amide bonds. The van der Waals surface area contributed by atoms with Gasteiger partial charge in [-0.3, -0.25) is 0 Å². The molecule has 1 fully saturated rings. The molecule has 1 saturated heterocycles. The van der Waals surface area contributed by atoms with Crippen LogP contribution in [0.25, 0.3) is 0 Å². The van der Waals surface area contributed by atoms with Crippen LogP contribution in [0, 0.1) is 12.8 Å². The second-order valence-electron chi connectivity index (χ2n) is 4.81. The zero-order chi connectivity index (χ0) is 11.4. The quantitative estimate of drug-likeness (QED) is 0.846. The first-order valence-corrected chi connectivity index (χ1v) is 6.14. The zero-order valence-electron chi connectivity index (χ0n) is 9.99. The van der Waals surface area contributed by atoms with Crippen LogP contribution in [0.2, 0.25) is 0 Å². The summed E-state index contributed by atoms with van der Waals surface area (Å²) in [6.45, 7) is 3.89. The van der Waals surface area contributed by atoms with Crippen molar-refractivity contribution in [1.82, 2.24) is 0 Å². The summed E-state index contributed by atoms with van der Waals surface area (Å²) in [5.74, 6) is 0.634. The molecule has 0 bridgehead atoms. The van der Waals surface area contributed by atoms with Crippen LogP contribution >= 0.6 is 0 Å². The Morgan fingerprint density at radius 3 is 2.81 bits per heavy atom. The van der Waals surface area contributed by atoms with E-state index in [0.717, 1.165) is 32.5 Å². The molecular formula is C14H21NO. The maximum atomic E-state index is 6.27. The molecule has 0 spiro atoms. The average Bonchev–Trinajstić information content (AvgIpc) is 2.30. The first-order chi connectivity index (χ1) is 7.75. The van der Waals surface area contributed by atoms with Gasteiger partial charge in [0, 0.05) is 19.3 Å². The smallest absolute Gasteiger partial charge is 0.0469 e. The van der Waals surface area contributed by atoms with E-state index in [1.54, 1.807) is 0 Å². The highest BCUT2D eigenvalue weighted by atomic mass is 16.5. The van der Waals surface area contributed by atoms with E-state index in [0.29, 0.717) is 5.92 Å². The summed E-state index contributed by atoms with van der Waals surface area (Å²) < 4.78 is 5.36. The predicted molar refractivity (Wildman–Crippen MR) is 66.4 cm³/mol. The van der Waals surface area contributed by atoms with Gasteiger partial charge in [0.05, 0.1) is 0 Å². The molecule has 0 aliphatic carbocycles. The van der Waals surface area contributed by atoms with Gasteiger partial charge >= 0.3 is 0 Å². The van der Waals surface area contributed by atoms with Gasteiger partial charge in [0.25, 0.3) is 0 Å². The number of benzene rings is 1. The normalized spacial score (nSPS) is 19.6. The zero-order valence-corrected chi connectivity index (χ0v) is 9.99. The van der Waals surface area contributed by atoms with E-state index in [2.05, 4.69) is 31.2 Å². The Balaban J connectivity index is 1.93. The topological polar surface area (TPSA) is 35.2 Å². The monoisotopic (exact) mass is 219 g/mol. The lowest BCUT2D eigenvalue weighted by Gasteiger charge is -2.27. The van der Waals surface area contributed by atoms with E-state index >= 15 is 0 Å². The summed E-state index contributed by atoms with van der Waals surface area (Å²) in [5, 5.41) is 0. The molecule has 2 heteroatoms. The van der Waals surface area contributed by atoms with Crippen molar-refractivity contribution in [3.63, 3.8) is 0 Å². The van der Waals surface area contributed by atoms with Crippen molar-refractivity contribution < 1.29 is 4.74 Å². The summed E-state index contributed by atoms with van der Waals surface area (Å²) in [5.41, 5.74) is 8.95. The first-order valence-electron chi connectivity index (χ1n) is 6.14. The van der Waals surface area contributed by atoms with Crippen molar-refractivity contribution in [2.24, 2.45) is 11.7 Å². The summed E-state index contributed by atoms with van der Waals surface area (Å²) in [6.07, 6.45) is 3.23. The van der Waals surface area contributed by atoms with Gasteiger partial charge in [0.1, 0.15) is 0 Å². The Labute approximate surface area is 97.8 Å². The lowest BCUT2D eigenvalue weighted by molar-refractivity contribution is 0.0585. The van der Waals surface area contributed by atoms with Crippen molar-refractivity contribution in [2.75, 3.05) is 13.2 Å². The van der Waals surface area contributed by atoms with Crippen molar-refractivity contribution in [1.29, 1.82) is 0 Å². The van der Waals surface area contributed by atoms with Crippen LogP contribution in [0.5, 0.6) is 0 Å². The Morgan fingerprint density at radius 1 is 1.38 bits per heavy atom. The fourth-order valence-electron chi connectivity index (χ4n) is 2.42. The molecule has 0 radical (unpaired) electrons. The van der Waals surface area contributed by atoms with Crippen LogP contribution < -0.4 is 5.73 Å². The first kappa shape index (κ1) is 11.6. The molecule has 2 rings (SSSR count). The molecule has 16 heavy (non-hydrogen) atoms. The average molecular weight is 219 g/mol. The Kier molecular flexibility index (Phi) is 3.97. The molecule has 1 aromatic carbocycles. The molecule has 1 aromatic rings. The van der Waals surface area contributed by atoms with Crippen molar-refractivity contribution in [3.8, 4) is 0 Å². The van der Waals surface area contributed by atoms with Crippen molar-refractivity contribution in [2.45, 2.75) is 32.2 Å². The molecule has 1 heterocycles. The third-order valence-corrected chi connectivity index (χ3v) is 3.43. The van der Waals surface area contributed by atoms with Crippen molar-refractivity contribution >= 4 is 0 Å². The van der Waals surface area contributed by atoms with Crippen LogP contribution in [0.15, 0.2) is 24.3 Å². The highest BCUT2D eigenvalue weighted by Gasteiger charge is 2.20. The molecule has 1 aliphatic heterocycles. The minimum absolute atomic E-state index is 0.283. The lowest BCUT2D eigenvalue weighted by atomic mass is 9.88. The number of hydrogen-bond donors (Lipinski definition) is 1. The SMILES string of the molecule is Cc1cccc(CC(N)C2CCOCC2)c1. The summed E-state index contributed by atoms with van der Waals surface area (Å²) in [6, 6.07) is 8.93. The van der Waals surface area contributed by atoms with Gasteiger partial charge in [0.2, 0.25) is 0 Å². The Hall–Kier alpha value is -0.860. The highest BCUT2D eigenvalue weighted by molar-refractivity contribution is 5.23. The summed E-state index contributed by atoms with van der Waals surface area (Å²) >= 11 is 0. The van der Waals surface area contributed by atoms with E-state index in [4.69, 9.17) is 10.5 Å². The second kappa shape index (κ2) is 5.46. The van der Waals surface area contributed by atoms with Crippen LogP contribution in [0.4, 0.5) is 0 Å². The predicted octanol–water partition coefficient (Wildman–Crippen LogP) is 2.29. The number of aryl methyl sites for hydroxylation is 1. The van der Waals surface area contributed by atoms with Gasteiger partial charge in [-0.05, 0) is 37.7 Å². The maximum Gasteiger partial charge on any atom is 0.0469 e. The number of ether oxygens (including phenoxy) is 1. The molecule has 1 unspecified atom stereocenters. The summed E-state index contributed by atoms with van der Waals surface area (Å²) in [7, 11) is 0. The van der Waals surface area contributed by atoms with Gasteiger partial charge in [0.15, 0.2) is 0 Å². The van der Waals surface area contributed by atoms with E-state index in [-0.39, 0.29) is 6.04 Å². The molecule has 2 N–H and O–H groups in total. The van der Waals surface area contributed by atoms with E-state index in [1.807, 2.05) is 0 Å². The van der Waals surface area contributed by atoms with Crippen LogP contribution in [-0.2, 0) is 11.2 Å². The van der Waals surface area contributed by atoms with E-state index in [9.17, 15) is 0 Å². The lowest BCUT2D eigenvalue weighted by Crippen LogP contribution is -2.36. The van der Waals surface area contributed by atoms with Gasteiger partial charge in [-0.25, -0.2) is 0 Å². The highest BCUT2D eigenvalue weighted by Crippen LogP contribution is 2.20. The summed E-state index contributed by atoms with van der Waals surface area (Å²) in [4.78, 5) is 0. The fraction of sp³-hybridized carbons (Fsp3) is 0.571. The molecular weight excluding hydrogens is 198 g/mol. The molecule has 1 atom stereocenters. The van der Waals surface area contributed by atoms with Crippen molar-refractivity contribution in [3.05, 3.63) is 35.4 Å². The Bertz CT molecular complexity index is 331. The third-order valence-electron chi connectivity index (χ3n) is 3.43. The maximum absolute atomic E-state index is 6.27. The van der Waals surface area contributed by atoms with Crippen LogP contribution in [0.1, 0.15) is 24.0 Å². The minimum atomic E-state index is 0.283. The largest absolute Gasteiger partial charge is 0.381 e. The molecule has 0 saturated carbocycles. The standard InChI is InChI=1S/C14H21NO/c1-11-3-2-4-12(9-11)10-14(15)13-5-7-16-8-6-13/h2-4,9,13-14H,5-8,10,15H2,1H3. The fourth-order valence-corrected chi connectivity index (χ4v) is 2.42. The molecule has 1 aliphatic rings. The van der Waals surface area contributed by atoms with Gasteiger partial charge < -0.3 is 10.5 Å². The van der Waals surface area contributed by atoms with Gasteiger partial charge in [-0.2, -0.15) is 0 Å². The second-order valence-corrected chi connectivity index (χ2v) is 4.81. The Morgan fingerprint density at radius 2 is 2.12 bits per heavy atom. The number of nitrogens with two attached hydrogens (primary N) is 1. The number of rotatable bonds is 3. The van der Waals surface area contributed by atoms with Gasteiger partial charge in [-0.1, -0.05) is 29.8 Å².